The first-order valence-corrected chi connectivity index (χ1v) is 9.51. The Kier molecular flexibility index (Phi) is 6.35. The quantitative estimate of drug-likeness (QED) is 0.813. The SMILES string of the molecule is COc1cccc(C[NH+](C)[C@@H](C(=O)N2CCCC2)c2ccccc2)c1OC. The summed E-state index contributed by atoms with van der Waals surface area (Å²) in [6.07, 6.45) is 2.19. The van der Waals surface area contributed by atoms with Gasteiger partial charge in [-0.05, 0) is 25.0 Å². The van der Waals surface area contributed by atoms with Gasteiger partial charge in [0.15, 0.2) is 17.5 Å². The zero-order valence-electron chi connectivity index (χ0n) is 16.4. The first-order valence-electron chi connectivity index (χ1n) is 9.51. The van der Waals surface area contributed by atoms with E-state index in [0.717, 1.165) is 47.7 Å². The van der Waals surface area contributed by atoms with Gasteiger partial charge >= 0.3 is 0 Å². The van der Waals surface area contributed by atoms with Crippen LogP contribution in [-0.4, -0.2) is 45.2 Å². The zero-order chi connectivity index (χ0) is 19.2. The normalized spacial score (nSPS) is 16.0. The Labute approximate surface area is 161 Å². The number of likely N-dealkylation sites (N-methyl/N-ethyl adjacent to an activating group) is 1. The Morgan fingerprint density at radius 1 is 1.04 bits per heavy atom. The second kappa shape index (κ2) is 8.91. The lowest BCUT2D eigenvalue weighted by atomic mass is 10.0. The molecule has 144 valence electrons. The number of likely N-dealkylation sites (tertiary alicyclic amines) is 1. The fourth-order valence-corrected chi connectivity index (χ4v) is 3.90. The highest BCUT2D eigenvalue weighted by molar-refractivity contribution is 5.82. The monoisotopic (exact) mass is 369 g/mol. The first kappa shape index (κ1) is 19.2. The van der Waals surface area contributed by atoms with Crippen LogP contribution in [0.4, 0.5) is 0 Å². The highest BCUT2D eigenvalue weighted by Gasteiger charge is 2.34. The molecular weight excluding hydrogens is 340 g/mol. The van der Waals surface area contributed by atoms with Gasteiger partial charge in [0.2, 0.25) is 0 Å². The highest BCUT2D eigenvalue weighted by Crippen LogP contribution is 2.30. The number of carbonyl (C=O) groups excluding carboxylic acids is 1. The van der Waals surface area contributed by atoms with Crippen molar-refractivity contribution >= 4 is 5.91 Å². The lowest BCUT2D eigenvalue weighted by molar-refractivity contribution is -0.916. The van der Waals surface area contributed by atoms with Gasteiger partial charge in [-0.15, -0.1) is 0 Å². The van der Waals surface area contributed by atoms with E-state index in [-0.39, 0.29) is 11.9 Å². The van der Waals surface area contributed by atoms with Crippen LogP contribution in [0.25, 0.3) is 0 Å². The van der Waals surface area contributed by atoms with Crippen molar-refractivity contribution in [3.63, 3.8) is 0 Å². The van der Waals surface area contributed by atoms with Crippen LogP contribution < -0.4 is 14.4 Å². The van der Waals surface area contributed by atoms with Crippen molar-refractivity contribution in [3.8, 4) is 11.5 Å². The molecule has 2 aromatic carbocycles. The largest absolute Gasteiger partial charge is 0.493 e. The second-order valence-corrected chi connectivity index (χ2v) is 7.05. The van der Waals surface area contributed by atoms with E-state index in [9.17, 15) is 4.79 Å². The van der Waals surface area contributed by atoms with Crippen molar-refractivity contribution in [2.24, 2.45) is 0 Å². The molecule has 1 amide bonds. The van der Waals surface area contributed by atoms with Gasteiger partial charge in [-0.25, -0.2) is 0 Å². The second-order valence-electron chi connectivity index (χ2n) is 7.05. The van der Waals surface area contributed by atoms with Gasteiger partial charge in [0.05, 0.1) is 26.8 Å². The third kappa shape index (κ3) is 4.25. The average molecular weight is 369 g/mol. The molecule has 1 fully saturated rings. The summed E-state index contributed by atoms with van der Waals surface area (Å²) in [7, 11) is 5.37. The molecule has 5 nitrogen and oxygen atoms in total. The predicted molar refractivity (Wildman–Crippen MR) is 105 cm³/mol. The molecule has 0 spiro atoms. The number of hydrogen-bond acceptors (Lipinski definition) is 3. The summed E-state index contributed by atoms with van der Waals surface area (Å²) in [5.41, 5.74) is 2.08. The lowest BCUT2D eigenvalue weighted by Crippen LogP contribution is -3.09. The first-order chi connectivity index (χ1) is 13.2. The fourth-order valence-electron chi connectivity index (χ4n) is 3.90. The van der Waals surface area contributed by atoms with E-state index in [1.165, 1.54) is 0 Å². The molecule has 0 radical (unpaired) electrons. The maximum Gasteiger partial charge on any atom is 0.285 e. The molecule has 27 heavy (non-hydrogen) atoms. The summed E-state index contributed by atoms with van der Waals surface area (Å²) in [4.78, 5) is 16.4. The van der Waals surface area contributed by atoms with Crippen LogP contribution in [0, 0.1) is 0 Å². The molecule has 1 heterocycles. The van der Waals surface area contributed by atoms with Gasteiger partial charge in [-0.1, -0.05) is 36.4 Å². The van der Waals surface area contributed by atoms with E-state index in [1.807, 2.05) is 53.4 Å². The molecule has 2 aromatic rings. The Bertz CT molecular complexity index is 757. The zero-order valence-corrected chi connectivity index (χ0v) is 16.4. The molecule has 1 N–H and O–H groups in total. The standard InChI is InChI=1S/C22H28N2O3/c1-23(16-18-12-9-13-19(26-2)21(18)27-3)20(17-10-5-4-6-11-17)22(25)24-14-7-8-15-24/h4-6,9-13,20H,7-8,14-16H2,1-3H3/p+1/t20-/m1/s1. The van der Waals surface area contributed by atoms with E-state index in [1.54, 1.807) is 14.2 Å². The maximum atomic E-state index is 13.3. The Morgan fingerprint density at radius 3 is 2.37 bits per heavy atom. The number of para-hydroxylation sites is 1. The summed E-state index contributed by atoms with van der Waals surface area (Å²) < 4.78 is 11.0. The minimum Gasteiger partial charge on any atom is -0.493 e. The summed E-state index contributed by atoms with van der Waals surface area (Å²) in [5, 5.41) is 0. The summed E-state index contributed by atoms with van der Waals surface area (Å²) >= 11 is 0. The maximum absolute atomic E-state index is 13.3. The van der Waals surface area contributed by atoms with E-state index < -0.39 is 0 Å². The van der Waals surface area contributed by atoms with Gasteiger partial charge in [-0.3, -0.25) is 4.79 Å². The topological polar surface area (TPSA) is 43.2 Å². The van der Waals surface area contributed by atoms with Crippen LogP contribution in [0.5, 0.6) is 11.5 Å². The summed E-state index contributed by atoms with van der Waals surface area (Å²) in [6.45, 7) is 2.38. The fraction of sp³-hybridized carbons (Fsp3) is 0.409. The van der Waals surface area contributed by atoms with Crippen molar-refractivity contribution in [1.82, 2.24) is 4.90 Å². The number of rotatable bonds is 7. The molecule has 3 rings (SSSR count). The molecule has 1 unspecified atom stereocenters. The number of nitrogens with zero attached hydrogens (tertiary/aromatic N) is 1. The van der Waals surface area contributed by atoms with Crippen LogP contribution in [-0.2, 0) is 11.3 Å². The van der Waals surface area contributed by atoms with Crippen LogP contribution in [0.1, 0.15) is 30.0 Å². The van der Waals surface area contributed by atoms with Gasteiger partial charge in [0, 0.05) is 18.7 Å². The third-order valence-electron chi connectivity index (χ3n) is 5.24. The van der Waals surface area contributed by atoms with Gasteiger partial charge < -0.3 is 19.3 Å². The molecule has 2 atom stereocenters. The van der Waals surface area contributed by atoms with Crippen molar-refractivity contribution in [1.29, 1.82) is 0 Å². The molecule has 1 aliphatic rings. The summed E-state index contributed by atoms with van der Waals surface area (Å²) in [6, 6.07) is 15.7. The van der Waals surface area contributed by atoms with E-state index in [2.05, 4.69) is 7.05 Å². The van der Waals surface area contributed by atoms with Crippen LogP contribution in [0.15, 0.2) is 48.5 Å². The predicted octanol–water partition coefficient (Wildman–Crippen LogP) is 2.08. The number of amides is 1. The van der Waals surface area contributed by atoms with Crippen LogP contribution in [0.2, 0.25) is 0 Å². The molecule has 0 saturated carbocycles. The number of methoxy groups -OCH3 is 2. The Balaban J connectivity index is 1.89. The van der Waals surface area contributed by atoms with Crippen molar-refractivity contribution < 1.29 is 19.2 Å². The number of quaternary nitrogens is 1. The third-order valence-corrected chi connectivity index (χ3v) is 5.24. The molecule has 0 bridgehead atoms. The minimum atomic E-state index is -0.236. The van der Waals surface area contributed by atoms with Crippen molar-refractivity contribution in [2.45, 2.75) is 25.4 Å². The van der Waals surface area contributed by atoms with E-state index in [0.29, 0.717) is 12.3 Å². The Morgan fingerprint density at radius 2 is 1.74 bits per heavy atom. The molecule has 0 aromatic heterocycles. The number of hydrogen-bond donors (Lipinski definition) is 1. The molecular formula is C22H29N2O3+. The number of benzene rings is 2. The van der Waals surface area contributed by atoms with Crippen LogP contribution >= 0.6 is 0 Å². The van der Waals surface area contributed by atoms with Gasteiger partial charge in [0.25, 0.3) is 5.91 Å². The van der Waals surface area contributed by atoms with Crippen molar-refractivity contribution in [2.75, 3.05) is 34.4 Å². The molecule has 0 aliphatic carbocycles. The number of ether oxygens (including phenoxy) is 2. The number of carbonyl (C=O) groups is 1. The lowest BCUT2D eigenvalue weighted by Gasteiger charge is -2.28. The highest BCUT2D eigenvalue weighted by atomic mass is 16.5. The van der Waals surface area contributed by atoms with Crippen LogP contribution in [0.3, 0.4) is 0 Å². The Hall–Kier alpha value is -2.53. The average Bonchev–Trinajstić information content (AvgIpc) is 3.23. The molecule has 1 saturated heterocycles. The minimum absolute atomic E-state index is 0.207. The molecule has 1 aliphatic heterocycles. The summed E-state index contributed by atoms with van der Waals surface area (Å²) in [5.74, 6) is 1.66. The van der Waals surface area contributed by atoms with Gasteiger partial charge in [-0.2, -0.15) is 0 Å². The van der Waals surface area contributed by atoms with E-state index in [4.69, 9.17) is 9.47 Å². The van der Waals surface area contributed by atoms with Crippen molar-refractivity contribution in [3.05, 3.63) is 59.7 Å². The van der Waals surface area contributed by atoms with Gasteiger partial charge in [0.1, 0.15) is 6.54 Å². The number of nitrogens with one attached hydrogen (secondary N) is 1. The molecule has 5 heteroatoms. The smallest absolute Gasteiger partial charge is 0.285 e. The van der Waals surface area contributed by atoms with E-state index >= 15 is 0 Å².